The largest absolute Gasteiger partial charge is 0.355 e. The van der Waals surface area contributed by atoms with Crippen LogP contribution in [0.15, 0.2) is 0 Å². The van der Waals surface area contributed by atoms with Gasteiger partial charge in [0.1, 0.15) is 0 Å². The lowest BCUT2D eigenvalue weighted by atomic mass is 9.67. The van der Waals surface area contributed by atoms with Crippen LogP contribution in [0.5, 0.6) is 0 Å². The van der Waals surface area contributed by atoms with Gasteiger partial charge in [-0.1, -0.05) is 32.6 Å². The molecule has 1 heterocycles. The van der Waals surface area contributed by atoms with E-state index in [1.54, 1.807) is 0 Å². The molecule has 0 radical (unpaired) electrons. The molecule has 2 N–H and O–H groups in total. The molecule has 1 amide bonds. The molecule has 3 heteroatoms. The van der Waals surface area contributed by atoms with E-state index in [0.29, 0.717) is 11.8 Å². The lowest BCUT2D eigenvalue weighted by Gasteiger charge is -2.39. The molecule has 3 fully saturated rings. The fraction of sp³-hybridized carbons (Fsp3) is 0.944. The van der Waals surface area contributed by atoms with Gasteiger partial charge in [-0.15, -0.1) is 0 Å². The van der Waals surface area contributed by atoms with Gasteiger partial charge in [0.15, 0.2) is 0 Å². The van der Waals surface area contributed by atoms with Gasteiger partial charge < -0.3 is 10.6 Å². The summed E-state index contributed by atoms with van der Waals surface area (Å²) in [5.41, 5.74) is 0.260. The summed E-state index contributed by atoms with van der Waals surface area (Å²) >= 11 is 0. The molecule has 4 atom stereocenters. The maximum atomic E-state index is 12.5. The number of rotatable bonds is 3. The number of hydrogen-bond acceptors (Lipinski definition) is 2. The Morgan fingerprint density at radius 1 is 1.14 bits per heavy atom. The van der Waals surface area contributed by atoms with Crippen molar-refractivity contribution >= 4 is 5.91 Å². The number of nitrogens with one attached hydrogen (secondary N) is 2. The molecule has 1 saturated heterocycles. The molecular weight excluding hydrogens is 260 g/mol. The normalized spacial score (nSPS) is 40.3. The summed E-state index contributed by atoms with van der Waals surface area (Å²) in [4.78, 5) is 12.5. The van der Waals surface area contributed by atoms with Crippen LogP contribution in [0.1, 0.15) is 64.7 Å². The first-order chi connectivity index (χ1) is 10.2. The van der Waals surface area contributed by atoms with Crippen LogP contribution in [-0.2, 0) is 4.79 Å². The van der Waals surface area contributed by atoms with Crippen molar-refractivity contribution in [2.75, 3.05) is 19.6 Å². The Balaban J connectivity index is 1.47. The van der Waals surface area contributed by atoms with E-state index in [2.05, 4.69) is 17.6 Å². The molecule has 0 aromatic heterocycles. The summed E-state index contributed by atoms with van der Waals surface area (Å²) in [6, 6.07) is 0. The van der Waals surface area contributed by atoms with E-state index in [9.17, 15) is 4.79 Å². The molecule has 2 saturated carbocycles. The average molecular weight is 292 g/mol. The van der Waals surface area contributed by atoms with E-state index in [1.165, 1.54) is 44.9 Å². The van der Waals surface area contributed by atoms with Crippen molar-refractivity contribution in [2.24, 2.45) is 23.2 Å². The molecule has 0 spiro atoms. The topological polar surface area (TPSA) is 41.1 Å². The van der Waals surface area contributed by atoms with Gasteiger partial charge >= 0.3 is 0 Å². The van der Waals surface area contributed by atoms with Gasteiger partial charge in [0, 0.05) is 19.0 Å². The van der Waals surface area contributed by atoms with Crippen molar-refractivity contribution in [3.05, 3.63) is 0 Å². The second kappa shape index (κ2) is 6.68. The minimum Gasteiger partial charge on any atom is -0.355 e. The Morgan fingerprint density at radius 2 is 1.95 bits per heavy atom. The predicted octanol–water partition coefficient (Wildman–Crippen LogP) is 3.10. The summed E-state index contributed by atoms with van der Waals surface area (Å²) in [5, 5.41) is 6.74. The summed E-state index contributed by atoms with van der Waals surface area (Å²) in [6.07, 6.45) is 11.6. The molecular formula is C18H32N2O. The van der Waals surface area contributed by atoms with E-state index in [4.69, 9.17) is 0 Å². The van der Waals surface area contributed by atoms with Crippen molar-refractivity contribution in [3.63, 3.8) is 0 Å². The minimum absolute atomic E-state index is 0.260. The highest BCUT2D eigenvalue weighted by Gasteiger charge is 2.35. The van der Waals surface area contributed by atoms with Crippen LogP contribution in [0, 0.1) is 23.2 Å². The van der Waals surface area contributed by atoms with Crippen LogP contribution < -0.4 is 10.6 Å². The Hall–Kier alpha value is -0.570. The van der Waals surface area contributed by atoms with E-state index in [1.807, 2.05) is 0 Å². The fourth-order valence-electron chi connectivity index (χ4n) is 4.83. The highest BCUT2D eigenvalue weighted by atomic mass is 16.1. The lowest BCUT2D eigenvalue weighted by Crippen LogP contribution is -2.47. The Labute approximate surface area is 129 Å². The average Bonchev–Trinajstić information content (AvgIpc) is 2.53. The van der Waals surface area contributed by atoms with Crippen LogP contribution in [0.2, 0.25) is 0 Å². The van der Waals surface area contributed by atoms with E-state index < -0.39 is 0 Å². The third kappa shape index (κ3) is 3.80. The zero-order valence-electron chi connectivity index (χ0n) is 13.6. The molecule has 3 aliphatic rings. The van der Waals surface area contributed by atoms with E-state index in [-0.39, 0.29) is 5.41 Å². The number of carbonyl (C=O) groups is 1. The standard InChI is InChI=1S/C18H32N2O/c1-18(9-4-10-19-12-18)13-20-17(21)16-8-7-14-5-2-3-6-15(14)11-16/h14-16,19H,2-13H2,1H3,(H,20,21). The first-order valence-corrected chi connectivity index (χ1v) is 9.15. The van der Waals surface area contributed by atoms with Crippen LogP contribution in [0.4, 0.5) is 0 Å². The zero-order chi connectivity index (χ0) is 14.7. The zero-order valence-corrected chi connectivity index (χ0v) is 13.6. The fourth-order valence-corrected chi connectivity index (χ4v) is 4.83. The summed E-state index contributed by atoms with van der Waals surface area (Å²) in [5.74, 6) is 2.41. The smallest absolute Gasteiger partial charge is 0.223 e. The summed E-state index contributed by atoms with van der Waals surface area (Å²) in [7, 11) is 0. The first-order valence-electron chi connectivity index (χ1n) is 9.15. The van der Waals surface area contributed by atoms with E-state index >= 15 is 0 Å². The number of amides is 1. The third-order valence-corrected chi connectivity index (χ3v) is 6.29. The Kier molecular flexibility index (Phi) is 4.88. The van der Waals surface area contributed by atoms with Crippen LogP contribution in [0.3, 0.4) is 0 Å². The van der Waals surface area contributed by atoms with Crippen molar-refractivity contribution in [1.29, 1.82) is 0 Å². The number of carbonyl (C=O) groups excluding carboxylic acids is 1. The third-order valence-electron chi connectivity index (χ3n) is 6.29. The molecule has 4 unspecified atom stereocenters. The van der Waals surface area contributed by atoms with Crippen molar-refractivity contribution in [3.8, 4) is 0 Å². The number of hydrogen-bond donors (Lipinski definition) is 2. The van der Waals surface area contributed by atoms with Gasteiger partial charge in [-0.2, -0.15) is 0 Å². The highest BCUT2D eigenvalue weighted by molar-refractivity contribution is 5.78. The Bertz CT molecular complexity index is 362. The van der Waals surface area contributed by atoms with Gasteiger partial charge in [0.05, 0.1) is 0 Å². The first kappa shape index (κ1) is 15.3. The van der Waals surface area contributed by atoms with Crippen molar-refractivity contribution in [2.45, 2.75) is 64.7 Å². The van der Waals surface area contributed by atoms with Crippen LogP contribution in [0.25, 0.3) is 0 Å². The molecule has 0 aromatic rings. The number of piperidine rings is 1. The van der Waals surface area contributed by atoms with Crippen LogP contribution in [-0.4, -0.2) is 25.5 Å². The molecule has 2 aliphatic carbocycles. The quantitative estimate of drug-likeness (QED) is 0.839. The van der Waals surface area contributed by atoms with Crippen molar-refractivity contribution in [1.82, 2.24) is 10.6 Å². The molecule has 3 rings (SSSR count). The second-order valence-electron chi connectivity index (χ2n) is 8.12. The van der Waals surface area contributed by atoms with Gasteiger partial charge in [0.25, 0.3) is 0 Å². The molecule has 0 bridgehead atoms. The molecule has 0 aromatic carbocycles. The summed E-state index contributed by atoms with van der Waals surface area (Å²) < 4.78 is 0. The SMILES string of the molecule is CC1(CNC(=O)C2CCC3CCCCC3C2)CCCNC1. The second-order valence-corrected chi connectivity index (χ2v) is 8.12. The van der Waals surface area contributed by atoms with Gasteiger partial charge in [0.2, 0.25) is 5.91 Å². The van der Waals surface area contributed by atoms with Crippen molar-refractivity contribution < 1.29 is 4.79 Å². The molecule has 21 heavy (non-hydrogen) atoms. The Morgan fingerprint density at radius 3 is 2.71 bits per heavy atom. The molecule has 3 nitrogen and oxygen atoms in total. The summed E-state index contributed by atoms with van der Waals surface area (Å²) in [6.45, 7) is 5.33. The van der Waals surface area contributed by atoms with E-state index in [0.717, 1.165) is 44.3 Å². The monoisotopic (exact) mass is 292 g/mol. The predicted molar refractivity (Wildman–Crippen MR) is 86.0 cm³/mol. The number of fused-ring (bicyclic) bond motifs is 1. The maximum Gasteiger partial charge on any atom is 0.223 e. The molecule has 1 aliphatic heterocycles. The minimum atomic E-state index is 0.260. The van der Waals surface area contributed by atoms with Gasteiger partial charge in [-0.25, -0.2) is 0 Å². The molecule has 120 valence electrons. The lowest BCUT2D eigenvalue weighted by molar-refractivity contribution is -0.127. The van der Waals surface area contributed by atoms with Gasteiger partial charge in [-0.3, -0.25) is 4.79 Å². The maximum absolute atomic E-state index is 12.5. The van der Waals surface area contributed by atoms with Crippen LogP contribution >= 0.6 is 0 Å². The highest BCUT2D eigenvalue weighted by Crippen LogP contribution is 2.42. The van der Waals surface area contributed by atoms with Gasteiger partial charge in [-0.05, 0) is 55.9 Å².